The lowest BCUT2D eigenvalue weighted by molar-refractivity contribution is -0.132. The first-order chi connectivity index (χ1) is 5.59. The first-order valence-electron chi connectivity index (χ1n) is 3.53. The highest BCUT2D eigenvalue weighted by molar-refractivity contribution is 7.83. The summed E-state index contributed by atoms with van der Waals surface area (Å²) in [6, 6.07) is 0. The van der Waals surface area contributed by atoms with E-state index >= 15 is 0 Å². The highest BCUT2D eigenvalue weighted by Gasteiger charge is 2.05. The van der Waals surface area contributed by atoms with Crippen LogP contribution in [0.5, 0.6) is 0 Å². The van der Waals surface area contributed by atoms with Crippen molar-refractivity contribution in [1.29, 1.82) is 0 Å². The fourth-order valence-electron chi connectivity index (χ4n) is 0.421. The molecule has 0 amide bonds. The van der Waals surface area contributed by atoms with E-state index in [1.54, 1.807) is 0 Å². The molecule has 0 spiro atoms. The van der Waals surface area contributed by atoms with Crippen LogP contribution in [0.4, 0.5) is 0 Å². The Morgan fingerprint density at radius 2 is 1.75 bits per heavy atom. The molecule has 0 aliphatic heterocycles. The van der Waals surface area contributed by atoms with Crippen LogP contribution >= 0.6 is 12.6 Å². The molecule has 0 aromatic rings. The Labute approximate surface area is 77.8 Å². The number of carboxylic acids is 1. The number of aliphatic carboxylic acids is 1. The van der Waals surface area contributed by atoms with Crippen molar-refractivity contribution in [2.45, 2.75) is 20.8 Å². The second-order valence-electron chi connectivity index (χ2n) is 1.62. The predicted octanol–water partition coefficient (Wildman–Crippen LogP) is 2.37. The zero-order valence-corrected chi connectivity index (χ0v) is 8.30. The van der Waals surface area contributed by atoms with Crippen LogP contribution in [0, 0.1) is 0 Å². The van der Waals surface area contributed by atoms with E-state index in [1.807, 2.05) is 13.8 Å². The van der Waals surface area contributed by atoms with Gasteiger partial charge in [-0.25, -0.2) is 4.79 Å². The van der Waals surface area contributed by atoms with E-state index in [0.717, 1.165) is 0 Å². The Balaban J connectivity index is 0. The van der Waals surface area contributed by atoms with Gasteiger partial charge in [-0.15, -0.1) is 0 Å². The molecule has 0 fully saturated rings. The molecule has 12 heavy (non-hydrogen) atoms. The Morgan fingerprint density at radius 3 is 1.83 bits per heavy atom. The monoisotopic (exact) mass is 190 g/mol. The molecule has 0 aliphatic carbocycles. The number of rotatable bonds is 2. The molecule has 4 heteroatoms. The zero-order chi connectivity index (χ0) is 10.1. The Kier molecular flexibility index (Phi) is 9.34. The van der Waals surface area contributed by atoms with Crippen molar-refractivity contribution in [3.05, 3.63) is 22.8 Å². The number of thiol groups is 1. The van der Waals surface area contributed by atoms with Crippen molar-refractivity contribution in [2.24, 2.45) is 0 Å². The topological polar surface area (TPSA) is 57.5 Å². The lowest BCUT2D eigenvalue weighted by Crippen LogP contribution is -2.00. The molecule has 0 bridgehead atoms. The van der Waals surface area contributed by atoms with Gasteiger partial charge in [-0.1, -0.05) is 13.8 Å². The number of aliphatic hydroxyl groups excluding tert-OH is 1. The summed E-state index contributed by atoms with van der Waals surface area (Å²) in [6.45, 7) is 5.30. The van der Waals surface area contributed by atoms with Crippen LogP contribution in [-0.2, 0) is 4.79 Å². The Morgan fingerprint density at radius 1 is 1.33 bits per heavy atom. The first kappa shape index (κ1) is 13.7. The highest BCUT2D eigenvalue weighted by Crippen LogP contribution is 2.03. The van der Waals surface area contributed by atoms with Crippen LogP contribution in [0.25, 0.3) is 0 Å². The van der Waals surface area contributed by atoms with E-state index in [9.17, 15) is 4.79 Å². The molecule has 2 N–H and O–H groups in total. The summed E-state index contributed by atoms with van der Waals surface area (Å²) >= 11 is 3.66. The summed E-state index contributed by atoms with van der Waals surface area (Å²) in [4.78, 5) is 10.2. The largest absolute Gasteiger partial charge is 0.512 e. The quantitative estimate of drug-likeness (QED) is 0.271. The van der Waals surface area contributed by atoms with Crippen LogP contribution in [0.15, 0.2) is 22.8 Å². The molecule has 0 unspecified atom stereocenters. The van der Waals surface area contributed by atoms with Gasteiger partial charge in [0.05, 0.1) is 5.57 Å². The molecule has 0 heterocycles. The van der Waals surface area contributed by atoms with Gasteiger partial charge in [0.25, 0.3) is 0 Å². The summed E-state index contributed by atoms with van der Waals surface area (Å²) in [7, 11) is 0. The van der Waals surface area contributed by atoms with Gasteiger partial charge >= 0.3 is 5.97 Å². The third-order valence-corrected chi connectivity index (χ3v) is 1.01. The smallest absolute Gasteiger partial charge is 0.339 e. The van der Waals surface area contributed by atoms with Crippen molar-refractivity contribution in [3.8, 4) is 0 Å². The molecular formula is C8H14O3S. The lowest BCUT2D eigenvalue weighted by Gasteiger charge is -1.94. The van der Waals surface area contributed by atoms with E-state index in [-0.39, 0.29) is 11.3 Å². The van der Waals surface area contributed by atoms with E-state index in [4.69, 9.17) is 10.2 Å². The highest BCUT2D eigenvalue weighted by atomic mass is 32.1. The van der Waals surface area contributed by atoms with Crippen molar-refractivity contribution in [2.75, 3.05) is 0 Å². The second-order valence-corrected chi connectivity index (χ2v) is 1.92. The number of allylic oxidation sites excluding steroid dienone is 1. The summed E-state index contributed by atoms with van der Waals surface area (Å²) in [5.74, 6) is -1.39. The third kappa shape index (κ3) is 5.85. The minimum absolute atomic E-state index is 0.144. The van der Waals surface area contributed by atoms with Gasteiger partial charge in [-0.05, 0) is 18.4 Å². The zero-order valence-electron chi connectivity index (χ0n) is 7.40. The van der Waals surface area contributed by atoms with Crippen LogP contribution in [0.2, 0.25) is 0 Å². The summed E-state index contributed by atoms with van der Waals surface area (Å²) in [6.07, 6.45) is 1.21. The minimum Gasteiger partial charge on any atom is -0.512 e. The van der Waals surface area contributed by atoms with Crippen LogP contribution < -0.4 is 0 Å². The van der Waals surface area contributed by atoms with Gasteiger partial charge in [0.15, 0.2) is 0 Å². The standard InChI is InChI=1S/C6H8O3S.C2H6/c1-4(7)5(2-3-10)6(8)9;1-2/h2-3,7,10H,1H3,(H,8,9);1-2H3/b3-2+,5-4-;. The van der Waals surface area contributed by atoms with Crippen molar-refractivity contribution >= 4 is 18.6 Å². The third-order valence-electron chi connectivity index (χ3n) is 0.861. The number of hydrogen-bond donors (Lipinski definition) is 3. The molecule has 0 aromatic carbocycles. The minimum atomic E-state index is -1.16. The molecular weight excluding hydrogens is 176 g/mol. The van der Waals surface area contributed by atoms with Crippen molar-refractivity contribution < 1.29 is 15.0 Å². The van der Waals surface area contributed by atoms with Gasteiger partial charge in [-0.2, -0.15) is 12.6 Å². The molecule has 0 saturated heterocycles. The van der Waals surface area contributed by atoms with Gasteiger partial charge in [0, 0.05) is 0 Å². The second kappa shape index (κ2) is 8.20. The Bertz CT molecular complexity index is 190. The fraction of sp³-hybridized carbons (Fsp3) is 0.375. The van der Waals surface area contributed by atoms with E-state index < -0.39 is 5.97 Å². The number of hydrogen-bond acceptors (Lipinski definition) is 3. The van der Waals surface area contributed by atoms with Crippen LogP contribution in [0.1, 0.15) is 20.8 Å². The average Bonchev–Trinajstić information content (AvgIpc) is 2.03. The van der Waals surface area contributed by atoms with Gasteiger partial charge in [-0.3, -0.25) is 0 Å². The molecule has 0 aromatic heterocycles. The predicted molar refractivity (Wildman–Crippen MR) is 52.4 cm³/mol. The summed E-state index contributed by atoms with van der Waals surface area (Å²) < 4.78 is 0. The van der Waals surface area contributed by atoms with Crippen molar-refractivity contribution in [3.63, 3.8) is 0 Å². The Hall–Kier alpha value is -0.900. The molecule has 0 aliphatic rings. The SMILES string of the molecule is C/C(O)=C(\C=C\S)C(=O)O.CC. The summed E-state index contributed by atoms with van der Waals surface area (Å²) in [5, 5.41) is 18.4. The van der Waals surface area contributed by atoms with Gasteiger partial charge < -0.3 is 10.2 Å². The van der Waals surface area contributed by atoms with Crippen LogP contribution in [0.3, 0.4) is 0 Å². The number of aliphatic hydroxyl groups is 1. The fourth-order valence-corrected chi connectivity index (χ4v) is 0.570. The van der Waals surface area contributed by atoms with Gasteiger partial charge in [0.2, 0.25) is 0 Å². The molecule has 0 radical (unpaired) electrons. The molecule has 0 rings (SSSR count). The van der Waals surface area contributed by atoms with E-state index in [1.165, 1.54) is 18.4 Å². The molecule has 70 valence electrons. The summed E-state index contributed by atoms with van der Waals surface area (Å²) in [5.41, 5.74) is -0.144. The first-order valence-corrected chi connectivity index (χ1v) is 4.05. The molecule has 3 nitrogen and oxygen atoms in total. The van der Waals surface area contributed by atoms with E-state index in [2.05, 4.69) is 12.6 Å². The number of carboxylic acid groups (broad SMARTS) is 1. The van der Waals surface area contributed by atoms with Crippen LogP contribution in [-0.4, -0.2) is 16.2 Å². The van der Waals surface area contributed by atoms with Crippen molar-refractivity contribution in [1.82, 2.24) is 0 Å². The van der Waals surface area contributed by atoms with E-state index in [0.29, 0.717) is 0 Å². The maximum absolute atomic E-state index is 10.2. The average molecular weight is 190 g/mol. The number of carbonyl (C=O) groups is 1. The molecule has 0 atom stereocenters. The maximum Gasteiger partial charge on any atom is 0.339 e. The maximum atomic E-state index is 10.2. The lowest BCUT2D eigenvalue weighted by atomic mass is 10.2. The normalized spacial score (nSPS) is 11.7. The molecule has 0 saturated carbocycles. The van der Waals surface area contributed by atoms with Gasteiger partial charge in [0.1, 0.15) is 5.76 Å².